The van der Waals surface area contributed by atoms with Crippen LogP contribution >= 0.6 is 0 Å². The number of hydrogen-bond acceptors (Lipinski definition) is 5. The first-order valence-electron chi connectivity index (χ1n) is 7.59. The molecule has 0 radical (unpaired) electrons. The average molecular weight is 338 g/mol. The lowest BCUT2D eigenvalue weighted by Crippen LogP contribution is -2.47. The van der Waals surface area contributed by atoms with Gasteiger partial charge in [-0.05, 0) is 27.7 Å². The SMILES string of the molecule is COc1cc(NC(=O)C(C)(C)C(=O)NC(C)C)cc(OC)c1OC. The van der Waals surface area contributed by atoms with Crippen molar-refractivity contribution in [1.29, 1.82) is 0 Å². The predicted octanol–water partition coefficient (Wildman–Crippen LogP) is 2.20. The van der Waals surface area contributed by atoms with Crippen LogP contribution in [-0.4, -0.2) is 39.2 Å². The molecule has 7 heteroatoms. The van der Waals surface area contributed by atoms with Gasteiger partial charge in [-0.1, -0.05) is 0 Å². The lowest BCUT2D eigenvalue weighted by molar-refractivity contribution is -0.138. The smallest absolute Gasteiger partial charge is 0.239 e. The van der Waals surface area contributed by atoms with Crippen molar-refractivity contribution in [2.24, 2.45) is 5.41 Å². The molecule has 1 aromatic rings. The highest BCUT2D eigenvalue weighted by molar-refractivity contribution is 6.10. The van der Waals surface area contributed by atoms with E-state index in [4.69, 9.17) is 14.2 Å². The Morgan fingerprint density at radius 3 is 1.83 bits per heavy atom. The molecule has 0 spiro atoms. The van der Waals surface area contributed by atoms with Gasteiger partial charge in [0.1, 0.15) is 5.41 Å². The fraction of sp³-hybridized carbons (Fsp3) is 0.529. The zero-order valence-corrected chi connectivity index (χ0v) is 15.3. The van der Waals surface area contributed by atoms with Gasteiger partial charge in [-0.25, -0.2) is 0 Å². The minimum atomic E-state index is -1.23. The molecule has 2 N–H and O–H groups in total. The number of rotatable bonds is 7. The van der Waals surface area contributed by atoms with Gasteiger partial charge in [0.25, 0.3) is 0 Å². The zero-order valence-electron chi connectivity index (χ0n) is 15.3. The van der Waals surface area contributed by atoms with E-state index in [1.54, 1.807) is 26.0 Å². The summed E-state index contributed by atoms with van der Waals surface area (Å²) in [5.41, 5.74) is -0.787. The van der Waals surface area contributed by atoms with Gasteiger partial charge < -0.3 is 24.8 Å². The third-order valence-electron chi connectivity index (χ3n) is 3.48. The van der Waals surface area contributed by atoms with Crippen LogP contribution in [0.3, 0.4) is 0 Å². The molecule has 134 valence electrons. The third kappa shape index (κ3) is 4.31. The number of carbonyl (C=O) groups is 2. The first kappa shape index (κ1) is 19.6. The molecule has 0 aromatic heterocycles. The molecule has 1 rings (SSSR count). The number of benzene rings is 1. The van der Waals surface area contributed by atoms with Crippen LogP contribution in [0, 0.1) is 5.41 Å². The second-order valence-electron chi connectivity index (χ2n) is 6.12. The molecule has 7 nitrogen and oxygen atoms in total. The second kappa shape index (κ2) is 7.90. The zero-order chi connectivity index (χ0) is 18.5. The molecule has 2 amide bonds. The molecule has 0 aliphatic rings. The maximum absolute atomic E-state index is 12.5. The highest BCUT2D eigenvalue weighted by Crippen LogP contribution is 2.40. The van der Waals surface area contributed by atoms with E-state index in [1.165, 1.54) is 21.3 Å². The molecule has 0 aliphatic heterocycles. The van der Waals surface area contributed by atoms with Crippen molar-refractivity contribution in [2.45, 2.75) is 33.7 Å². The Morgan fingerprint density at radius 1 is 0.958 bits per heavy atom. The number of hydrogen-bond donors (Lipinski definition) is 2. The highest BCUT2D eigenvalue weighted by atomic mass is 16.5. The lowest BCUT2D eigenvalue weighted by Gasteiger charge is -2.24. The van der Waals surface area contributed by atoms with Crippen LogP contribution in [0.25, 0.3) is 0 Å². The van der Waals surface area contributed by atoms with Gasteiger partial charge in [0.2, 0.25) is 17.6 Å². The summed E-state index contributed by atoms with van der Waals surface area (Å²) in [6, 6.07) is 3.16. The van der Waals surface area contributed by atoms with Gasteiger partial charge in [0.05, 0.1) is 21.3 Å². The number of anilines is 1. The molecule has 0 bridgehead atoms. The van der Waals surface area contributed by atoms with Crippen LogP contribution in [0.15, 0.2) is 12.1 Å². The average Bonchev–Trinajstić information content (AvgIpc) is 2.52. The fourth-order valence-corrected chi connectivity index (χ4v) is 1.99. The van der Waals surface area contributed by atoms with Crippen molar-refractivity contribution in [3.8, 4) is 17.2 Å². The lowest BCUT2D eigenvalue weighted by atomic mass is 9.90. The number of methoxy groups -OCH3 is 3. The quantitative estimate of drug-likeness (QED) is 0.745. The molecule has 0 saturated heterocycles. The monoisotopic (exact) mass is 338 g/mol. The summed E-state index contributed by atoms with van der Waals surface area (Å²) >= 11 is 0. The van der Waals surface area contributed by atoms with Crippen molar-refractivity contribution < 1.29 is 23.8 Å². The topological polar surface area (TPSA) is 85.9 Å². The Kier molecular flexibility index (Phi) is 6.45. The van der Waals surface area contributed by atoms with Crippen molar-refractivity contribution in [2.75, 3.05) is 26.6 Å². The summed E-state index contributed by atoms with van der Waals surface area (Å²) in [4.78, 5) is 24.7. The van der Waals surface area contributed by atoms with Crippen LogP contribution in [0.1, 0.15) is 27.7 Å². The number of nitrogens with one attached hydrogen (secondary N) is 2. The fourth-order valence-electron chi connectivity index (χ4n) is 1.99. The molecule has 0 unspecified atom stereocenters. The standard InChI is InChI=1S/C17H26N2O5/c1-10(2)18-15(20)17(3,4)16(21)19-11-8-12(22-5)14(24-7)13(9-11)23-6/h8-10H,1-7H3,(H,18,20)(H,19,21). The number of amides is 2. The maximum atomic E-state index is 12.5. The Balaban J connectivity index is 3.07. The van der Waals surface area contributed by atoms with Crippen LogP contribution in [0.4, 0.5) is 5.69 Å². The summed E-state index contributed by atoms with van der Waals surface area (Å²) in [7, 11) is 4.48. The van der Waals surface area contributed by atoms with E-state index in [0.717, 1.165) is 0 Å². The molecular formula is C17H26N2O5. The molecule has 1 aromatic carbocycles. The molecule has 0 atom stereocenters. The summed E-state index contributed by atoms with van der Waals surface area (Å²) in [5, 5.41) is 5.47. The van der Waals surface area contributed by atoms with Crippen LogP contribution < -0.4 is 24.8 Å². The Hall–Kier alpha value is -2.44. The molecule has 0 heterocycles. The van der Waals surface area contributed by atoms with E-state index in [0.29, 0.717) is 22.9 Å². The van der Waals surface area contributed by atoms with E-state index in [9.17, 15) is 9.59 Å². The summed E-state index contributed by atoms with van der Waals surface area (Å²) in [5.74, 6) is 0.473. The Labute approximate surface area is 142 Å². The molecule has 0 fully saturated rings. The minimum absolute atomic E-state index is 0.0502. The van der Waals surface area contributed by atoms with Gasteiger partial charge in [0.15, 0.2) is 11.5 Å². The Morgan fingerprint density at radius 2 is 1.46 bits per heavy atom. The van der Waals surface area contributed by atoms with E-state index >= 15 is 0 Å². The third-order valence-corrected chi connectivity index (χ3v) is 3.48. The summed E-state index contributed by atoms with van der Waals surface area (Å²) in [6.07, 6.45) is 0. The van der Waals surface area contributed by atoms with Crippen molar-refractivity contribution in [3.05, 3.63) is 12.1 Å². The van der Waals surface area contributed by atoms with Gasteiger partial charge in [-0.15, -0.1) is 0 Å². The van der Waals surface area contributed by atoms with Gasteiger partial charge in [-0.2, -0.15) is 0 Å². The van der Waals surface area contributed by atoms with E-state index < -0.39 is 11.3 Å². The molecule has 0 aliphatic carbocycles. The molecular weight excluding hydrogens is 312 g/mol. The molecule has 0 saturated carbocycles. The normalized spacial score (nSPS) is 11.0. The predicted molar refractivity (Wildman–Crippen MR) is 91.8 cm³/mol. The van der Waals surface area contributed by atoms with Crippen LogP contribution in [0.2, 0.25) is 0 Å². The van der Waals surface area contributed by atoms with E-state index in [1.807, 2.05) is 13.8 Å². The summed E-state index contributed by atoms with van der Waals surface area (Å²) in [6.45, 7) is 6.81. The number of ether oxygens (including phenoxy) is 3. The Bertz CT molecular complexity index is 586. The van der Waals surface area contributed by atoms with Crippen molar-refractivity contribution in [3.63, 3.8) is 0 Å². The van der Waals surface area contributed by atoms with Gasteiger partial charge in [0, 0.05) is 23.9 Å². The molecule has 24 heavy (non-hydrogen) atoms. The van der Waals surface area contributed by atoms with Gasteiger partial charge >= 0.3 is 0 Å². The van der Waals surface area contributed by atoms with E-state index in [2.05, 4.69) is 10.6 Å². The highest BCUT2D eigenvalue weighted by Gasteiger charge is 2.36. The van der Waals surface area contributed by atoms with E-state index in [-0.39, 0.29) is 11.9 Å². The van der Waals surface area contributed by atoms with Crippen LogP contribution in [-0.2, 0) is 9.59 Å². The van der Waals surface area contributed by atoms with Crippen LogP contribution in [0.5, 0.6) is 17.2 Å². The van der Waals surface area contributed by atoms with Crippen molar-refractivity contribution >= 4 is 17.5 Å². The minimum Gasteiger partial charge on any atom is -0.493 e. The van der Waals surface area contributed by atoms with Gasteiger partial charge in [-0.3, -0.25) is 9.59 Å². The first-order valence-corrected chi connectivity index (χ1v) is 7.59. The maximum Gasteiger partial charge on any atom is 0.239 e. The second-order valence-corrected chi connectivity index (χ2v) is 6.12. The number of carbonyl (C=O) groups excluding carboxylic acids is 2. The van der Waals surface area contributed by atoms with Crippen molar-refractivity contribution in [1.82, 2.24) is 5.32 Å². The largest absolute Gasteiger partial charge is 0.493 e. The first-order chi connectivity index (χ1) is 11.2. The summed E-state index contributed by atoms with van der Waals surface area (Å²) < 4.78 is 15.7.